The van der Waals surface area contributed by atoms with Crippen molar-refractivity contribution in [1.29, 1.82) is 0 Å². The number of nitrogens with zero attached hydrogens (tertiary/aromatic N) is 2. The predicted molar refractivity (Wildman–Crippen MR) is 105 cm³/mol. The molecule has 0 bridgehead atoms. The standard InChI is InChI=1S/C18H19N3OS3/c1-11-4-5-13-14(7-11)25-18-16(13)17(20-10-21-18)24-9-15(22)19-8-12-3-2-6-23-12/h2-3,6,10-11H,4-5,7-9H2,1H3,(H,19,22)/t11-/m1/s1. The molecular weight excluding hydrogens is 370 g/mol. The van der Waals surface area contributed by atoms with E-state index in [1.165, 1.54) is 38.9 Å². The van der Waals surface area contributed by atoms with Crippen LogP contribution < -0.4 is 5.32 Å². The lowest BCUT2D eigenvalue weighted by Crippen LogP contribution is -2.24. The summed E-state index contributed by atoms with van der Waals surface area (Å²) in [7, 11) is 0. The van der Waals surface area contributed by atoms with E-state index in [-0.39, 0.29) is 5.91 Å². The maximum absolute atomic E-state index is 12.1. The molecular formula is C18H19N3OS3. The van der Waals surface area contributed by atoms with Crippen molar-refractivity contribution < 1.29 is 4.79 Å². The fourth-order valence-corrected chi connectivity index (χ4v) is 6.05. The summed E-state index contributed by atoms with van der Waals surface area (Å²) in [6.07, 6.45) is 5.09. The molecule has 0 saturated heterocycles. The van der Waals surface area contributed by atoms with E-state index in [1.807, 2.05) is 17.5 Å². The number of hydrogen-bond donors (Lipinski definition) is 1. The van der Waals surface area contributed by atoms with Gasteiger partial charge in [-0.05, 0) is 42.2 Å². The normalized spacial score (nSPS) is 16.8. The van der Waals surface area contributed by atoms with Gasteiger partial charge in [0.05, 0.1) is 12.3 Å². The first-order valence-electron chi connectivity index (χ1n) is 8.38. The van der Waals surface area contributed by atoms with Gasteiger partial charge in [0, 0.05) is 15.1 Å². The maximum Gasteiger partial charge on any atom is 0.230 e. The molecule has 7 heteroatoms. The summed E-state index contributed by atoms with van der Waals surface area (Å²) in [5.41, 5.74) is 1.42. The number of aryl methyl sites for hydroxylation is 1. The van der Waals surface area contributed by atoms with Gasteiger partial charge in [0.25, 0.3) is 0 Å². The molecule has 3 aromatic rings. The van der Waals surface area contributed by atoms with Crippen LogP contribution in [-0.4, -0.2) is 21.6 Å². The van der Waals surface area contributed by atoms with Crippen LogP contribution in [0.25, 0.3) is 10.2 Å². The molecule has 1 amide bonds. The number of fused-ring (bicyclic) bond motifs is 3. The number of nitrogens with one attached hydrogen (secondary N) is 1. The van der Waals surface area contributed by atoms with Gasteiger partial charge < -0.3 is 5.32 Å². The zero-order valence-electron chi connectivity index (χ0n) is 13.9. The molecule has 130 valence electrons. The topological polar surface area (TPSA) is 54.9 Å². The number of thiophene rings is 2. The van der Waals surface area contributed by atoms with Crippen molar-refractivity contribution in [2.45, 2.75) is 37.8 Å². The highest BCUT2D eigenvalue weighted by molar-refractivity contribution is 8.00. The number of amides is 1. The van der Waals surface area contributed by atoms with E-state index in [1.54, 1.807) is 29.0 Å². The van der Waals surface area contributed by atoms with E-state index < -0.39 is 0 Å². The summed E-state index contributed by atoms with van der Waals surface area (Å²) in [4.78, 5) is 24.8. The van der Waals surface area contributed by atoms with Crippen molar-refractivity contribution in [3.05, 3.63) is 39.2 Å². The largest absolute Gasteiger partial charge is 0.350 e. The van der Waals surface area contributed by atoms with Crippen LogP contribution in [0.2, 0.25) is 0 Å². The van der Waals surface area contributed by atoms with Gasteiger partial charge in [-0.2, -0.15) is 0 Å². The van der Waals surface area contributed by atoms with Gasteiger partial charge in [-0.3, -0.25) is 4.79 Å². The quantitative estimate of drug-likeness (QED) is 0.522. The van der Waals surface area contributed by atoms with Gasteiger partial charge >= 0.3 is 0 Å². The average Bonchev–Trinajstić information content (AvgIpc) is 3.24. The molecule has 0 unspecified atom stereocenters. The van der Waals surface area contributed by atoms with Crippen molar-refractivity contribution in [3.8, 4) is 0 Å². The Kier molecular flexibility index (Phi) is 5.05. The van der Waals surface area contributed by atoms with E-state index >= 15 is 0 Å². The molecule has 1 N–H and O–H groups in total. The molecule has 0 aliphatic heterocycles. The number of hydrogen-bond acceptors (Lipinski definition) is 6. The lowest BCUT2D eigenvalue weighted by molar-refractivity contribution is -0.118. The van der Waals surface area contributed by atoms with Crippen LogP contribution in [0.15, 0.2) is 28.9 Å². The molecule has 4 rings (SSSR count). The molecule has 4 nitrogen and oxygen atoms in total. The number of carbonyl (C=O) groups is 1. The molecule has 1 aliphatic carbocycles. The van der Waals surface area contributed by atoms with Crippen molar-refractivity contribution in [2.24, 2.45) is 5.92 Å². The molecule has 0 fully saturated rings. The lowest BCUT2D eigenvalue weighted by Gasteiger charge is -2.18. The van der Waals surface area contributed by atoms with Crippen molar-refractivity contribution >= 4 is 50.6 Å². The highest BCUT2D eigenvalue weighted by Crippen LogP contribution is 2.40. The third-order valence-corrected chi connectivity index (χ3v) is 7.47. The highest BCUT2D eigenvalue weighted by Gasteiger charge is 2.23. The minimum Gasteiger partial charge on any atom is -0.350 e. The Hall–Kier alpha value is -1.44. The third-order valence-electron chi connectivity index (χ3n) is 4.44. The first-order valence-corrected chi connectivity index (χ1v) is 11.1. The van der Waals surface area contributed by atoms with Gasteiger partial charge in [-0.15, -0.1) is 22.7 Å². The van der Waals surface area contributed by atoms with Crippen LogP contribution in [-0.2, 0) is 24.2 Å². The Labute approximate surface area is 159 Å². The predicted octanol–water partition coefficient (Wildman–Crippen LogP) is 4.29. The van der Waals surface area contributed by atoms with E-state index in [2.05, 4.69) is 22.2 Å². The van der Waals surface area contributed by atoms with Crippen molar-refractivity contribution in [3.63, 3.8) is 0 Å². The maximum atomic E-state index is 12.1. The molecule has 1 aliphatic rings. The van der Waals surface area contributed by atoms with Crippen molar-refractivity contribution in [1.82, 2.24) is 15.3 Å². The number of carbonyl (C=O) groups excluding carboxylic acids is 1. The second kappa shape index (κ2) is 7.43. The molecule has 3 aromatic heterocycles. The monoisotopic (exact) mass is 389 g/mol. The SMILES string of the molecule is C[C@@H]1CCc2c(sc3ncnc(SCC(=O)NCc4cccs4)c23)C1. The minimum atomic E-state index is 0.0443. The van der Waals surface area contributed by atoms with E-state index in [0.29, 0.717) is 12.3 Å². The molecule has 1 atom stereocenters. The van der Waals surface area contributed by atoms with E-state index in [0.717, 1.165) is 28.6 Å². The Morgan fingerprint density at radius 3 is 3.20 bits per heavy atom. The molecule has 0 aromatic carbocycles. The Bertz CT molecular complexity index is 888. The summed E-state index contributed by atoms with van der Waals surface area (Å²) in [6, 6.07) is 4.03. The Morgan fingerprint density at radius 1 is 1.44 bits per heavy atom. The van der Waals surface area contributed by atoms with Gasteiger partial charge in [-0.25, -0.2) is 9.97 Å². The number of aromatic nitrogens is 2. The molecule has 0 saturated carbocycles. The first-order chi connectivity index (χ1) is 12.2. The fourth-order valence-electron chi connectivity index (χ4n) is 3.14. The van der Waals surface area contributed by atoms with Crippen LogP contribution in [0.3, 0.4) is 0 Å². The Morgan fingerprint density at radius 2 is 2.36 bits per heavy atom. The van der Waals surface area contributed by atoms with Gasteiger partial charge in [0.1, 0.15) is 16.2 Å². The Balaban J connectivity index is 1.47. The van der Waals surface area contributed by atoms with Crippen LogP contribution in [0.4, 0.5) is 0 Å². The second-order valence-electron chi connectivity index (χ2n) is 6.36. The van der Waals surface area contributed by atoms with Gasteiger partial charge in [0.15, 0.2) is 0 Å². The summed E-state index contributed by atoms with van der Waals surface area (Å²) >= 11 is 4.97. The number of rotatable bonds is 5. The summed E-state index contributed by atoms with van der Waals surface area (Å²) < 4.78 is 0. The molecule has 25 heavy (non-hydrogen) atoms. The lowest BCUT2D eigenvalue weighted by atomic mass is 9.89. The van der Waals surface area contributed by atoms with Gasteiger partial charge in [-0.1, -0.05) is 24.8 Å². The smallest absolute Gasteiger partial charge is 0.230 e. The minimum absolute atomic E-state index is 0.0443. The second-order valence-corrected chi connectivity index (χ2v) is 9.44. The molecule has 0 spiro atoms. The van der Waals surface area contributed by atoms with Crippen LogP contribution in [0.5, 0.6) is 0 Å². The fraction of sp³-hybridized carbons (Fsp3) is 0.389. The average molecular weight is 390 g/mol. The van der Waals surface area contributed by atoms with Crippen LogP contribution >= 0.6 is 34.4 Å². The van der Waals surface area contributed by atoms with Gasteiger partial charge in [0.2, 0.25) is 5.91 Å². The van der Waals surface area contributed by atoms with E-state index in [4.69, 9.17) is 0 Å². The zero-order valence-corrected chi connectivity index (χ0v) is 16.4. The molecule has 0 radical (unpaired) electrons. The summed E-state index contributed by atoms with van der Waals surface area (Å²) in [6.45, 7) is 2.91. The van der Waals surface area contributed by atoms with E-state index in [9.17, 15) is 4.79 Å². The first kappa shape index (κ1) is 17.0. The summed E-state index contributed by atoms with van der Waals surface area (Å²) in [5, 5.41) is 7.13. The van der Waals surface area contributed by atoms with Crippen LogP contribution in [0, 0.1) is 5.92 Å². The summed E-state index contributed by atoms with van der Waals surface area (Å²) in [5.74, 6) is 1.17. The van der Waals surface area contributed by atoms with Crippen molar-refractivity contribution in [2.75, 3.05) is 5.75 Å². The number of thioether (sulfide) groups is 1. The van der Waals surface area contributed by atoms with Crippen LogP contribution in [0.1, 0.15) is 28.7 Å². The highest BCUT2D eigenvalue weighted by atomic mass is 32.2. The zero-order chi connectivity index (χ0) is 17.2. The third kappa shape index (κ3) is 3.73. The molecule has 3 heterocycles.